The largest absolute Gasteiger partial charge is 0.343 e. The molecule has 3 rings (SSSR count). The number of benzene rings is 1. The van der Waals surface area contributed by atoms with Gasteiger partial charge in [-0.25, -0.2) is 0 Å². The molecule has 3 N–H and O–H groups in total. The van der Waals surface area contributed by atoms with Crippen molar-refractivity contribution in [2.45, 2.75) is 83.0 Å². The van der Waals surface area contributed by atoms with Gasteiger partial charge in [0.15, 0.2) is 5.12 Å². The molecule has 0 aliphatic carbocycles. The predicted octanol–water partition coefficient (Wildman–Crippen LogP) is 1.55. The van der Waals surface area contributed by atoms with E-state index in [0.29, 0.717) is 44.4 Å². The van der Waals surface area contributed by atoms with E-state index in [1.165, 1.54) is 23.6 Å². The zero-order valence-electron chi connectivity index (χ0n) is 21.2. The molecule has 0 aromatic heterocycles. The molecule has 0 spiro atoms. The zero-order chi connectivity index (χ0) is 26.3. The van der Waals surface area contributed by atoms with Crippen LogP contribution in [0.1, 0.15) is 58.4 Å². The van der Waals surface area contributed by atoms with Crippen LogP contribution in [0.15, 0.2) is 30.3 Å². The Bertz CT molecular complexity index is 984. The monoisotopic (exact) mass is 516 g/mol. The number of nitrogens with one attached hydrogen (secondary N) is 3. The van der Waals surface area contributed by atoms with E-state index < -0.39 is 35.5 Å². The van der Waals surface area contributed by atoms with Gasteiger partial charge in [0.2, 0.25) is 23.6 Å². The maximum absolute atomic E-state index is 13.6. The number of unbranched alkanes of at least 4 members (excludes halogenated alkanes) is 1. The van der Waals surface area contributed by atoms with Gasteiger partial charge in [-0.1, -0.05) is 48.5 Å². The minimum absolute atomic E-state index is 0.0383. The normalized spacial score (nSPS) is 24.6. The highest BCUT2D eigenvalue weighted by atomic mass is 32.2. The van der Waals surface area contributed by atoms with E-state index in [1.54, 1.807) is 13.8 Å². The Labute approximate surface area is 216 Å². The fourth-order valence-corrected chi connectivity index (χ4v) is 5.18. The lowest BCUT2D eigenvalue weighted by Gasteiger charge is -2.34. The smallest absolute Gasteiger partial charge is 0.246 e. The standard InChI is InChI=1S/C26H36N4O5S/c1-17(31)36-15-8-7-12-19-22(32)29-26(2,3)25(35)28-20(16-18-10-5-4-6-11-18)24(34)30-14-9-13-21(30)23(33)27-19/h4-6,10-11,19-21H,7-9,12-16H2,1-3H3,(H,27,33)(H,28,35)(H,29,32)/t19-,20-,21+/m0/s1. The lowest BCUT2D eigenvalue weighted by molar-refractivity contribution is -0.144. The first-order valence-corrected chi connectivity index (χ1v) is 13.5. The summed E-state index contributed by atoms with van der Waals surface area (Å²) in [4.78, 5) is 66.0. The Kier molecular flexibility index (Phi) is 9.53. The van der Waals surface area contributed by atoms with E-state index in [4.69, 9.17) is 0 Å². The van der Waals surface area contributed by atoms with Gasteiger partial charge in [-0.2, -0.15) is 0 Å². The summed E-state index contributed by atoms with van der Waals surface area (Å²) < 4.78 is 0. The van der Waals surface area contributed by atoms with E-state index >= 15 is 0 Å². The van der Waals surface area contributed by atoms with E-state index in [2.05, 4.69) is 16.0 Å². The third-order valence-electron chi connectivity index (χ3n) is 6.55. The molecule has 1 aromatic carbocycles. The first kappa shape index (κ1) is 27.7. The van der Waals surface area contributed by atoms with Gasteiger partial charge < -0.3 is 20.9 Å². The second-order valence-electron chi connectivity index (χ2n) is 9.92. The average Bonchev–Trinajstić information content (AvgIpc) is 3.32. The van der Waals surface area contributed by atoms with Crippen LogP contribution in [-0.2, 0) is 30.4 Å². The second-order valence-corrected chi connectivity index (χ2v) is 11.2. The van der Waals surface area contributed by atoms with Crippen LogP contribution in [-0.4, -0.2) is 69.6 Å². The molecular weight excluding hydrogens is 480 g/mol. The summed E-state index contributed by atoms with van der Waals surface area (Å²) in [5.74, 6) is -0.935. The van der Waals surface area contributed by atoms with E-state index in [1.807, 2.05) is 30.3 Å². The van der Waals surface area contributed by atoms with Gasteiger partial charge in [-0.15, -0.1) is 0 Å². The fourth-order valence-electron chi connectivity index (χ4n) is 4.55. The number of nitrogens with zero attached hydrogens (tertiary/aromatic N) is 1. The summed E-state index contributed by atoms with van der Waals surface area (Å²) in [6.07, 6.45) is 3.14. The highest BCUT2D eigenvalue weighted by Gasteiger charge is 2.42. The number of thioether (sulfide) groups is 1. The SMILES string of the molecule is CC(=O)SCCCC[C@@H]1NC(=O)[C@H]2CCCN2C(=O)[C@H](Cc2ccccc2)NC(=O)C(C)(C)NC1=O. The third-order valence-corrected chi connectivity index (χ3v) is 7.45. The van der Waals surface area contributed by atoms with Crippen LogP contribution in [0.2, 0.25) is 0 Å². The number of rotatable bonds is 7. The quantitative estimate of drug-likeness (QED) is 0.473. The summed E-state index contributed by atoms with van der Waals surface area (Å²) in [6, 6.07) is 6.99. The number of fused-ring (bicyclic) bond motifs is 1. The van der Waals surface area contributed by atoms with Crippen molar-refractivity contribution in [1.82, 2.24) is 20.9 Å². The van der Waals surface area contributed by atoms with Crippen molar-refractivity contribution in [3.05, 3.63) is 35.9 Å². The number of hydrogen-bond donors (Lipinski definition) is 3. The van der Waals surface area contributed by atoms with Gasteiger partial charge in [0.25, 0.3) is 0 Å². The molecule has 2 fully saturated rings. The number of carbonyl (C=O) groups excluding carboxylic acids is 5. The molecule has 2 saturated heterocycles. The van der Waals surface area contributed by atoms with Gasteiger partial charge in [0, 0.05) is 25.6 Å². The molecule has 2 aliphatic heterocycles. The Balaban J connectivity index is 1.83. The molecule has 0 radical (unpaired) electrons. The van der Waals surface area contributed by atoms with Crippen LogP contribution < -0.4 is 16.0 Å². The second kappa shape index (κ2) is 12.4. The molecule has 0 bridgehead atoms. The predicted molar refractivity (Wildman–Crippen MR) is 138 cm³/mol. The fraction of sp³-hybridized carbons (Fsp3) is 0.577. The minimum Gasteiger partial charge on any atom is -0.343 e. The van der Waals surface area contributed by atoms with Gasteiger partial charge in [-0.05, 0) is 45.1 Å². The highest BCUT2D eigenvalue weighted by molar-refractivity contribution is 8.13. The summed E-state index contributed by atoms with van der Waals surface area (Å²) in [6.45, 7) is 5.09. The van der Waals surface area contributed by atoms with Gasteiger partial charge in [0.05, 0.1) is 0 Å². The number of carbonyl (C=O) groups is 5. The topological polar surface area (TPSA) is 125 Å². The van der Waals surface area contributed by atoms with E-state index in [-0.39, 0.29) is 23.4 Å². The van der Waals surface area contributed by atoms with Crippen molar-refractivity contribution in [2.24, 2.45) is 0 Å². The Morgan fingerprint density at radius 2 is 1.75 bits per heavy atom. The van der Waals surface area contributed by atoms with Crippen LogP contribution in [0.5, 0.6) is 0 Å². The van der Waals surface area contributed by atoms with Crippen molar-refractivity contribution in [3.63, 3.8) is 0 Å². The van der Waals surface area contributed by atoms with Crippen LogP contribution in [0, 0.1) is 0 Å². The molecule has 2 heterocycles. The molecular formula is C26H36N4O5S. The van der Waals surface area contributed by atoms with Crippen molar-refractivity contribution >= 4 is 40.5 Å². The Morgan fingerprint density at radius 3 is 2.44 bits per heavy atom. The summed E-state index contributed by atoms with van der Waals surface area (Å²) in [5, 5.41) is 8.49. The van der Waals surface area contributed by atoms with Crippen molar-refractivity contribution in [2.75, 3.05) is 12.3 Å². The molecule has 0 unspecified atom stereocenters. The van der Waals surface area contributed by atoms with Gasteiger partial charge in [0.1, 0.15) is 23.7 Å². The van der Waals surface area contributed by atoms with Crippen LogP contribution in [0.4, 0.5) is 0 Å². The lowest BCUT2D eigenvalue weighted by atomic mass is 9.98. The van der Waals surface area contributed by atoms with Gasteiger partial charge >= 0.3 is 0 Å². The Hall–Kier alpha value is -2.88. The van der Waals surface area contributed by atoms with Crippen LogP contribution in [0.3, 0.4) is 0 Å². The summed E-state index contributed by atoms with van der Waals surface area (Å²) in [7, 11) is 0. The first-order valence-electron chi connectivity index (χ1n) is 12.5. The maximum atomic E-state index is 13.6. The van der Waals surface area contributed by atoms with Crippen molar-refractivity contribution in [1.29, 1.82) is 0 Å². The Morgan fingerprint density at radius 1 is 1.03 bits per heavy atom. The molecule has 3 atom stereocenters. The summed E-state index contributed by atoms with van der Waals surface area (Å²) in [5.41, 5.74) is -0.420. The molecule has 10 heteroatoms. The molecule has 36 heavy (non-hydrogen) atoms. The molecule has 9 nitrogen and oxygen atoms in total. The lowest BCUT2D eigenvalue weighted by Crippen LogP contribution is -2.64. The minimum atomic E-state index is -1.30. The summed E-state index contributed by atoms with van der Waals surface area (Å²) >= 11 is 1.23. The maximum Gasteiger partial charge on any atom is 0.246 e. The number of amides is 4. The molecule has 1 aromatic rings. The average molecular weight is 517 g/mol. The molecule has 4 amide bonds. The first-order chi connectivity index (χ1) is 17.1. The van der Waals surface area contributed by atoms with Crippen molar-refractivity contribution < 1.29 is 24.0 Å². The molecule has 0 saturated carbocycles. The third kappa shape index (κ3) is 7.32. The van der Waals surface area contributed by atoms with Crippen LogP contribution >= 0.6 is 11.8 Å². The van der Waals surface area contributed by atoms with E-state index in [9.17, 15) is 24.0 Å². The zero-order valence-corrected chi connectivity index (χ0v) is 22.0. The van der Waals surface area contributed by atoms with Crippen molar-refractivity contribution in [3.8, 4) is 0 Å². The van der Waals surface area contributed by atoms with Crippen LogP contribution in [0.25, 0.3) is 0 Å². The highest BCUT2D eigenvalue weighted by Crippen LogP contribution is 2.21. The molecule has 196 valence electrons. The molecule has 2 aliphatic rings. The number of hydrogen-bond acceptors (Lipinski definition) is 6. The van der Waals surface area contributed by atoms with E-state index in [0.717, 1.165) is 5.56 Å². The van der Waals surface area contributed by atoms with Gasteiger partial charge in [-0.3, -0.25) is 24.0 Å².